The molecule has 12 radical (unpaired) electrons. The molecule has 3 aromatic heterocycles. The second kappa shape index (κ2) is 10.9. The summed E-state index contributed by atoms with van der Waals surface area (Å²) in [6.07, 6.45) is 0. The fraction of sp³-hybridized carbons (Fsp3) is 0. The predicted octanol–water partition coefficient (Wildman–Crippen LogP) is 3.74. The van der Waals surface area contributed by atoms with Crippen LogP contribution in [0.2, 0.25) is 0 Å². The highest BCUT2D eigenvalue weighted by Gasteiger charge is 2.27. The average molecular weight is 633 g/mol. The van der Waals surface area contributed by atoms with Gasteiger partial charge in [0.15, 0.2) is 0 Å². The minimum absolute atomic E-state index is 0.347. The molecule has 0 saturated carbocycles. The molecule has 10 aromatic rings. The molecule has 51 heavy (non-hydrogen) atoms. The Morgan fingerprint density at radius 3 is 0.961 bits per heavy atom. The smallest absolute Gasteiger partial charge is 0.117 e. The van der Waals surface area contributed by atoms with Gasteiger partial charge in [0.1, 0.15) is 47.1 Å². The van der Waals surface area contributed by atoms with E-state index in [1.807, 2.05) is 83.4 Å². The summed E-state index contributed by atoms with van der Waals surface area (Å²) in [6.45, 7) is 0. The van der Waals surface area contributed by atoms with Crippen LogP contribution in [0.4, 0.5) is 0 Å². The van der Waals surface area contributed by atoms with Gasteiger partial charge < -0.3 is 13.7 Å². The minimum atomic E-state index is 0.347. The van der Waals surface area contributed by atoms with Crippen LogP contribution in [0.5, 0.6) is 0 Å². The largest absolute Gasteiger partial charge is 0.311 e. The predicted molar refractivity (Wildman–Crippen MR) is 222 cm³/mol. The number of hydrogen-bond donors (Lipinski definition) is 0. The number of aromatic nitrogens is 3. The second-order valence-electron chi connectivity index (χ2n) is 13.0. The van der Waals surface area contributed by atoms with Crippen molar-refractivity contribution >= 4 is 145 Å². The lowest BCUT2D eigenvalue weighted by molar-refractivity contribution is 1.18. The first-order chi connectivity index (χ1) is 24.9. The SMILES string of the molecule is [B]c1c(-n2c3ccccc3c3ccccc32)c([B])c2c3c([B])c(-n4c5ccccc5c5ccccc54)c([B])c([B])c3n(-c3ccccc3)c2c1[B]. The minimum Gasteiger partial charge on any atom is -0.311 e. The molecule has 0 fully saturated rings. The van der Waals surface area contributed by atoms with Gasteiger partial charge in [-0.3, -0.25) is 0 Å². The van der Waals surface area contributed by atoms with E-state index in [0.29, 0.717) is 66.0 Å². The zero-order chi connectivity index (χ0) is 34.7. The average Bonchev–Trinajstić information content (AvgIpc) is 3.81. The molecule has 0 amide bonds. The highest BCUT2D eigenvalue weighted by Crippen LogP contribution is 2.35. The Balaban J connectivity index is 1.45. The van der Waals surface area contributed by atoms with Gasteiger partial charge in [-0.05, 0) is 36.4 Å². The number of nitrogens with zero attached hydrogens (tertiary/aromatic N) is 3. The van der Waals surface area contributed by atoms with Gasteiger partial charge in [-0.25, -0.2) is 0 Å². The standard InChI is InChI=1S/C42H21B6N3/c43-33-31-32-34(44)42(51-29-20-10-6-16-25(29)26-17-7-11-21-30(26)51)38(48)36(46)40(32)49(22-12-2-1-3-13-22)39(31)35(45)37(47)41(33)50-27-18-8-4-14-23(27)24-15-5-9-19-28(24)50/h1-21H. The maximum absolute atomic E-state index is 7.42. The number of benzene rings is 7. The lowest BCUT2D eigenvalue weighted by Crippen LogP contribution is -2.37. The van der Waals surface area contributed by atoms with Crippen LogP contribution in [0.15, 0.2) is 127 Å². The first-order valence-corrected chi connectivity index (χ1v) is 16.7. The topological polar surface area (TPSA) is 14.8 Å². The summed E-state index contributed by atoms with van der Waals surface area (Å²) in [5.41, 5.74) is 9.22. The van der Waals surface area contributed by atoms with E-state index in [4.69, 9.17) is 47.1 Å². The fourth-order valence-electron chi connectivity index (χ4n) is 8.29. The summed E-state index contributed by atoms with van der Waals surface area (Å²) in [7, 11) is 43.4. The van der Waals surface area contributed by atoms with Crippen molar-refractivity contribution in [3.63, 3.8) is 0 Å². The molecule has 0 aliphatic rings. The lowest BCUT2D eigenvalue weighted by Gasteiger charge is -2.21. The van der Waals surface area contributed by atoms with Crippen molar-refractivity contribution in [2.75, 3.05) is 0 Å². The Morgan fingerprint density at radius 2 is 0.608 bits per heavy atom. The molecule has 0 unspecified atom stereocenters. The quantitative estimate of drug-likeness (QED) is 0.264. The van der Waals surface area contributed by atoms with Gasteiger partial charge >= 0.3 is 0 Å². The van der Waals surface area contributed by atoms with Gasteiger partial charge in [-0.1, -0.05) is 124 Å². The molecule has 10 rings (SSSR count). The molecule has 0 spiro atoms. The van der Waals surface area contributed by atoms with Crippen molar-refractivity contribution in [3.8, 4) is 17.1 Å². The Labute approximate surface area is 302 Å². The summed E-state index contributed by atoms with van der Waals surface area (Å²) >= 11 is 0. The number of rotatable bonds is 3. The maximum Gasteiger partial charge on any atom is 0.117 e. The molecule has 3 nitrogen and oxygen atoms in total. The van der Waals surface area contributed by atoms with E-state index < -0.39 is 0 Å². The van der Waals surface area contributed by atoms with Crippen LogP contribution in [-0.4, -0.2) is 60.8 Å². The Kier molecular flexibility index (Phi) is 6.46. The molecule has 0 aliphatic heterocycles. The molecule has 0 bridgehead atoms. The van der Waals surface area contributed by atoms with E-state index in [9.17, 15) is 0 Å². The molecule has 0 aliphatic carbocycles. The zero-order valence-electron chi connectivity index (χ0n) is 27.4. The monoisotopic (exact) mass is 633 g/mol. The first-order valence-electron chi connectivity index (χ1n) is 16.7. The third-order valence-corrected chi connectivity index (χ3v) is 10.4. The summed E-state index contributed by atoms with van der Waals surface area (Å²) < 4.78 is 6.18. The molecule has 9 heteroatoms. The highest BCUT2D eigenvalue weighted by molar-refractivity contribution is 6.64. The van der Waals surface area contributed by atoms with Crippen molar-refractivity contribution in [2.24, 2.45) is 0 Å². The molecular formula is C42H21B6N3. The van der Waals surface area contributed by atoms with Crippen LogP contribution in [0.3, 0.4) is 0 Å². The third kappa shape index (κ3) is 3.92. The van der Waals surface area contributed by atoms with Crippen LogP contribution in [0, 0.1) is 0 Å². The summed E-state index contributed by atoms with van der Waals surface area (Å²) in [5.74, 6) is 0. The van der Waals surface area contributed by atoms with E-state index in [1.54, 1.807) is 0 Å². The Hall–Kier alpha value is -5.67. The zero-order valence-corrected chi connectivity index (χ0v) is 27.4. The van der Waals surface area contributed by atoms with E-state index in [0.717, 1.165) is 49.3 Å². The van der Waals surface area contributed by atoms with E-state index >= 15 is 0 Å². The normalized spacial score (nSPS) is 12.0. The highest BCUT2D eigenvalue weighted by atomic mass is 15.0. The summed E-state index contributed by atoms with van der Waals surface area (Å²) in [5, 5.41) is 5.57. The van der Waals surface area contributed by atoms with E-state index in [-0.39, 0.29) is 0 Å². The van der Waals surface area contributed by atoms with Crippen molar-refractivity contribution in [1.29, 1.82) is 0 Å². The maximum atomic E-state index is 7.42. The van der Waals surface area contributed by atoms with Gasteiger partial charge in [-0.15, -0.1) is 0 Å². The van der Waals surface area contributed by atoms with Gasteiger partial charge in [0, 0.05) is 60.4 Å². The Bertz CT molecular complexity index is 2800. The molecular weight excluding hydrogens is 611 g/mol. The second-order valence-corrected chi connectivity index (χ2v) is 13.0. The van der Waals surface area contributed by atoms with E-state index in [1.165, 1.54) is 0 Å². The number of para-hydroxylation sites is 5. The van der Waals surface area contributed by atoms with Gasteiger partial charge in [0.25, 0.3) is 0 Å². The molecule has 3 heterocycles. The van der Waals surface area contributed by atoms with Crippen LogP contribution in [0.25, 0.3) is 82.5 Å². The van der Waals surface area contributed by atoms with Gasteiger partial charge in [-0.2, -0.15) is 0 Å². The molecule has 0 N–H and O–H groups in total. The van der Waals surface area contributed by atoms with Crippen LogP contribution < -0.4 is 32.8 Å². The van der Waals surface area contributed by atoms with E-state index in [2.05, 4.69) is 57.7 Å². The van der Waals surface area contributed by atoms with Gasteiger partial charge in [0.2, 0.25) is 0 Å². The lowest BCUT2D eigenvalue weighted by atomic mass is 9.70. The number of fused-ring (bicyclic) bond motifs is 9. The van der Waals surface area contributed by atoms with Crippen LogP contribution in [0.1, 0.15) is 0 Å². The van der Waals surface area contributed by atoms with Crippen molar-refractivity contribution in [1.82, 2.24) is 13.7 Å². The van der Waals surface area contributed by atoms with Crippen molar-refractivity contribution in [3.05, 3.63) is 127 Å². The van der Waals surface area contributed by atoms with Crippen molar-refractivity contribution < 1.29 is 0 Å². The number of hydrogen-bond acceptors (Lipinski definition) is 0. The van der Waals surface area contributed by atoms with Crippen LogP contribution >= 0.6 is 0 Å². The summed E-state index contributed by atoms with van der Waals surface area (Å²) in [4.78, 5) is 0. The van der Waals surface area contributed by atoms with Crippen molar-refractivity contribution in [2.45, 2.75) is 0 Å². The summed E-state index contributed by atoms with van der Waals surface area (Å²) in [6, 6.07) is 42.6. The molecule has 0 saturated heterocycles. The van der Waals surface area contributed by atoms with Crippen LogP contribution in [-0.2, 0) is 0 Å². The Morgan fingerprint density at radius 1 is 0.294 bits per heavy atom. The van der Waals surface area contributed by atoms with Gasteiger partial charge in [0.05, 0.1) is 22.1 Å². The molecule has 0 atom stereocenters. The first kappa shape index (κ1) is 30.2. The molecule has 222 valence electrons. The molecule has 7 aromatic carbocycles. The third-order valence-electron chi connectivity index (χ3n) is 10.4. The fourth-order valence-corrected chi connectivity index (χ4v) is 8.29.